The Balaban J connectivity index is 0.00000140. The fourth-order valence-corrected chi connectivity index (χ4v) is 5.15. The minimum absolute atomic E-state index is 0. The molecule has 0 aromatic heterocycles. The Morgan fingerprint density at radius 3 is 2.36 bits per heavy atom. The number of carbonyl (C=O) groups excluding carboxylic acids is 1. The Kier molecular flexibility index (Phi) is 8.59. The SMILES string of the molecule is Cl.Cl.N[C@@H]1CN(C(=O)CC2(N3CCOCC3)CCCC2)C[C@H]1c1ccccc1. The Bertz CT molecular complexity index is 619. The van der Waals surface area contributed by atoms with E-state index in [1.54, 1.807) is 0 Å². The second kappa shape index (κ2) is 10.3. The number of nitrogens with two attached hydrogens (primary N) is 1. The molecule has 2 aliphatic heterocycles. The predicted molar refractivity (Wildman–Crippen MR) is 116 cm³/mol. The van der Waals surface area contributed by atoms with Gasteiger partial charge >= 0.3 is 0 Å². The van der Waals surface area contributed by atoms with Gasteiger partial charge in [-0.05, 0) is 18.4 Å². The van der Waals surface area contributed by atoms with Crippen molar-refractivity contribution in [3.8, 4) is 0 Å². The van der Waals surface area contributed by atoms with E-state index in [1.165, 1.54) is 18.4 Å². The minimum atomic E-state index is 0. The van der Waals surface area contributed by atoms with Crippen LogP contribution in [0.25, 0.3) is 0 Å². The van der Waals surface area contributed by atoms with Gasteiger partial charge in [0.05, 0.1) is 13.2 Å². The smallest absolute Gasteiger partial charge is 0.224 e. The van der Waals surface area contributed by atoms with E-state index in [-0.39, 0.29) is 48.2 Å². The lowest BCUT2D eigenvalue weighted by molar-refractivity contribution is -0.134. The Labute approximate surface area is 180 Å². The molecule has 0 bridgehead atoms. The quantitative estimate of drug-likeness (QED) is 0.798. The molecule has 1 aromatic rings. The van der Waals surface area contributed by atoms with Crippen LogP contribution in [0.3, 0.4) is 0 Å². The van der Waals surface area contributed by atoms with Gasteiger partial charge in [0, 0.05) is 50.1 Å². The van der Waals surface area contributed by atoms with E-state index in [1.807, 2.05) is 11.0 Å². The third-order valence-corrected chi connectivity index (χ3v) is 6.64. The van der Waals surface area contributed by atoms with Crippen molar-refractivity contribution in [3.05, 3.63) is 35.9 Å². The van der Waals surface area contributed by atoms with Crippen LogP contribution in [0.5, 0.6) is 0 Å². The molecule has 2 heterocycles. The Hall–Kier alpha value is -0.850. The first-order chi connectivity index (χ1) is 12.7. The maximum absolute atomic E-state index is 13.2. The molecule has 158 valence electrons. The minimum Gasteiger partial charge on any atom is -0.379 e. The van der Waals surface area contributed by atoms with E-state index in [9.17, 15) is 4.79 Å². The molecule has 0 spiro atoms. The van der Waals surface area contributed by atoms with E-state index >= 15 is 0 Å². The molecule has 2 saturated heterocycles. The third-order valence-electron chi connectivity index (χ3n) is 6.64. The van der Waals surface area contributed by atoms with Crippen LogP contribution >= 0.6 is 24.8 Å². The zero-order chi connectivity index (χ0) is 18.0. The first-order valence-electron chi connectivity index (χ1n) is 10.1. The largest absolute Gasteiger partial charge is 0.379 e. The van der Waals surface area contributed by atoms with Crippen LogP contribution in [0.4, 0.5) is 0 Å². The molecule has 0 radical (unpaired) electrons. The lowest BCUT2D eigenvalue weighted by Crippen LogP contribution is -2.54. The number of carbonyl (C=O) groups is 1. The third kappa shape index (κ3) is 4.82. The van der Waals surface area contributed by atoms with Crippen molar-refractivity contribution in [2.75, 3.05) is 39.4 Å². The zero-order valence-corrected chi connectivity index (χ0v) is 18.1. The number of amides is 1. The summed E-state index contributed by atoms with van der Waals surface area (Å²) in [7, 11) is 0. The van der Waals surface area contributed by atoms with Crippen LogP contribution in [-0.4, -0.2) is 66.7 Å². The van der Waals surface area contributed by atoms with Gasteiger partial charge in [0.1, 0.15) is 0 Å². The van der Waals surface area contributed by atoms with E-state index in [0.29, 0.717) is 13.0 Å². The highest BCUT2D eigenvalue weighted by Crippen LogP contribution is 2.39. The first-order valence-corrected chi connectivity index (χ1v) is 10.1. The highest BCUT2D eigenvalue weighted by atomic mass is 35.5. The fourth-order valence-electron chi connectivity index (χ4n) is 5.15. The van der Waals surface area contributed by atoms with Crippen LogP contribution in [-0.2, 0) is 9.53 Å². The van der Waals surface area contributed by atoms with Crippen LogP contribution in [0.2, 0.25) is 0 Å². The summed E-state index contributed by atoms with van der Waals surface area (Å²) in [6.07, 6.45) is 5.39. The van der Waals surface area contributed by atoms with Gasteiger partial charge in [-0.15, -0.1) is 24.8 Å². The second-order valence-corrected chi connectivity index (χ2v) is 8.19. The van der Waals surface area contributed by atoms with E-state index < -0.39 is 0 Å². The summed E-state index contributed by atoms with van der Waals surface area (Å²) in [6.45, 7) is 4.93. The van der Waals surface area contributed by atoms with E-state index in [2.05, 4.69) is 29.2 Å². The molecule has 3 fully saturated rings. The molecule has 28 heavy (non-hydrogen) atoms. The Morgan fingerprint density at radius 2 is 1.71 bits per heavy atom. The topological polar surface area (TPSA) is 58.8 Å². The van der Waals surface area contributed by atoms with Gasteiger partial charge in [-0.25, -0.2) is 0 Å². The molecule has 3 aliphatic rings. The molecule has 0 unspecified atom stereocenters. The number of benzene rings is 1. The van der Waals surface area contributed by atoms with Crippen molar-refractivity contribution in [3.63, 3.8) is 0 Å². The van der Waals surface area contributed by atoms with Crippen LogP contribution in [0.15, 0.2) is 30.3 Å². The summed E-state index contributed by atoms with van der Waals surface area (Å²) in [5.41, 5.74) is 7.70. The average Bonchev–Trinajstić information content (AvgIpc) is 3.31. The summed E-state index contributed by atoms with van der Waals surface area (Å²) in [5, 5.41) is 0. The molecule has 1 saturated carbocycles. The van der Waals surface area contributed by atoms with Gasteiger partial charge < -0.3 is 15.4 Å². The highest BCUT2D eigenvalue weighted by Gasteiger charge is 2.44. The number of likely N-dealkylation sites (tertiary alicyclic amines) is 1. The van der Waals surface area contributed by atoms with Gasteiger partial charge in [0.25, 0.3) is 0 Å². The first kappa shape index (κ1) is 23.4. The normalized spacial score (nSPS) is 27.1. The number of rotatable bonds is 4. The van der Waals surface area contributed by atoms with Crippen molar-refractivity contribution in [1.29, 1.82) is 0 Å². The van der Waals surface area contributed by atoms with Crippen LogP contribution in [0, 0.1) is 0 Å². The molecule has 2 atom stereocenters. The molecule has 5 nitrogen and oxygen atoms in total. The predicted octanol–water partition coefficient (Wildman–Crippen LogP) is 2.82. The fraction of sp³-hybridized carbons (Fsp3) is 0.667. The molecule has 1 aromatic carbocycles. The summed E-state index contributed by atoms with van der Waals surface area (Å²) < 4.78 is 5.53. The van der Waals surface area contributed by atoms with Crippen LogP contribution < -0.4 is 5.73 Å². The van der Waals surface area contributed by atoms with Crippen LogP contribution in [0.1, 0.15) is 43.6 Å². The Morgan fingerprint density at radius 1 is 1.07 bits per heavy atom. The van der Waals surface area contributed by atoms with Gasteiger partial charge in [-0.3, -0.25) is 9.69 Å². The van der Waals surface area contributed by atoms with Gasteiger partial charge in [-0.1, -0.05) is 43.2 Å². The monoisotopic (exact) mass is 429 g/mol. The van der Waals surface area contributed by atoms with Crippen molar-refractivity contribution < 1.29 is 9.53 Å². The summed E-state index contributed by atoms with van der Waals surface area (Å²) >= 11 is 0. The maximum Gasteiger partial charge on any atom is 0.224 e. The van der Waals surface area contributed by atoms with Gasteiger partial charge in [0.2, 0.25) is 5.91 Å². The lowest BCUT2D eigenvalue weighted by atomic mass is 9.89. The second-order valence-electron chi connectivity index (χ2n) is 8.19. The van der Waals surface area contributed by atoms with Gasteiger partial charge in [0.15, 0.2) is 0 Å². The molecule has 1 amide bonds. The zero-order valence-electron chi connectivity index (χ0n) is 16.4. The molecule has 4 rings (SSSR count). The number of halogens is 2. The molecular formula is C21H33Cl2N3O2. The molecule has 1 aliphatic carbocycles. The summed E-state index contributed by atoms with van der Waals surface area (Å²) in [4.78, 5) is 17.7. The average molecular weight is 430 g/mol. The number of nitrogens with zero attached hydrogens (tertiary/aromatic N) is 2. The lowest BCUT2D eigenvalue weighted by Gasteiger charge is -2.43. The van der Waals surface area contributed by atoms with Crippen molar-refractivity contribution in [1.82, 2.24) is 9.80 Å². The summed E-state index contributed by atoms with van der Waals surface area (Å²) in [6, 6.07) is 10.4. The van der Waals surface area contributed by atoms with Crippen molar-refractivity contribution in [2.45, 2.75) is 49.6 Å². The van der Waals surface area contributed by atoms with E-state index in [4.69, 9.17) is 10.5 Å². The number of hydrogen-bond acceptors (Lipinski definition) is 4. The molecule has 7 heteroatoms. The molecular weight excluding hydrogens is 397 g/mol. The highest BCUT2D eigenvalue weighted by molar-refractivity contribution is 5.85. The number of ether oxygens (including phenoxy) is 1. The van der Waals surface area contributed by atoms with Gasteiger partial charge in [-0.2, -0.15) is 0 Å². The van der Waals surface area contributed by atoms with Crippen molar-refractivity contribution >= 4 is 30.7 Å². The van der Waals surface area contributed by atoms with Crippen molar-refractivity contribution in [2.24, 2.45) is 5.73 Å². The standard InChI is InChI=1S/C21H31N3O2.2ClH/c22-19-16-23(15-18(19)17-6-2-1-3-7-17)20(25)14-21(8-4-5-9-21)24-10-12-26-13-11-24;;/h1-3,6-7,18-19H,4-5,8-16,22H2;2*1H/t18-,19+;;/m0../s1. The maximum atomic E-state index is 13.2. The molecule has 2 N–H and O–H groups in total. The van der Waals surface area contributed by atoms with E-state index in [0.717, 1.165) is 45.7 Å². The number of morpholine rings is 1. The summed E-state index contributed by atoms with van der Waals surface area (Å²) in [5.74, 6) is 0.537. The number of hydrogen-bond donors (Lipinski definition) is 1.